The summed E-state index contributed by atoms with van der Waals surface area (Å²) in [5, 5.41) is 4.29. The maximum absolute atomic E-state index is 5.84. The van der Waals surface area contributed by atoms with E-state index in [0.29, 0.717) is 0 Å². The summed E-state index contributed by atoms with van der Waals surface area (Å²) in [6.07, 6.45) is 0. The van der Waals surface area contributed by atoms with Crippen LogP contribution >= 0.6 is 0 Å². The Balaban J connectivity index is 0.00000323. The molecule has 0 radical (unpaired) electrons. The van der Waals surface area contributed by atoms with Gasteiger partial charge in [0.05, 0.1) is 0 Å². The number of rotatable bonds is 7. The van der Waals surface area contributed by atoms with Gasteiger partial charge in [0, 0.05) is 0 Å². The molecule has 0 atom stereocenters. The Hall–Kier alpha value is -1.66. The van der Waals surface area contributed by atoms with E-state index in [2.05, 4.69) is 126 Å². The van der Waals surface area contributed by atoms with Crippen LogP contribution in [0, 0.1) is 41.5 Å². The molecular weight excluding hydrogens is 663 g/mol. The normalized spacial score (nSPS) is 14.1. The molecule has 4 rings (SSSR count). The van der Waals surface area contributed by atoms with Gasteiger partial charge >= 0.3 is 262 Å². The molecule has 0 fully saturated rings. The van der Waals surface area contributed by atoms with Crippen LogP contribution in [0.2, 0.25) is 3.34 Å². The zero-order valence-electron chi connectivity index (χ0n) is 28.3. The van der Waals surface area contributed by atoms with Gasteiger partial charge < -0.3 is 37.2 Å². The van der Waals surface area contributed by atoms with Crippen molar-refractivity contribution in [2.24, 2.45) is 0 Å². The summed E-state index contributed by atoms with van der Waals surface area (Å²) < 4.78 is 17.3. The van der Waals surface area contributed by atoms with Crippen molar-refractivity contribution in [3.63, 3.8) is 0 Å². The van der Waals surface area contributed by atoms with Gasteiger partial charge in [-0.05, 0) is 0 Å². The molecule has 3 aromatic rings. The molecule has 0 aromatic heterocycles. The first-order chi connectivity index (χ1) is 19.3. The molecule has 0 N–H and O–H groups in total. The first-order valence-corrected chi connectivity index (χ1v) is 17.1. The molecule has 0 aliphatic heterocycles. The minimum Gasteiger partial charge on any atom is -1.00 e. The Morgan fingerprint density at radius 2 is 0.705 bits per heavy atom. The quantitative estimate of drug-likeness (QED) is 0.210. The van der Waals surface area contributed by atoms with Crippen molar-refractivity contribution < 1.29 is 71.9 Å². The van der Waals surface area contributed by atoms with Gasteiger partial charge in [-0.1, -0.05) is 0 Å². The average molecular weight is 708 g/mol. The molecule has 1 aliphatic rings. The van der Waals surface area contributed by atoms with E-state index in [1.807, 2.05) is 0 Å². The van der Waals surface area contributed by atoms with Crippen molar-refractivity contribution in [1.82, 2.24) is 0 Å². The smallest absolute Gasteiger partial charge is 1.00 e. The predicted molar refractivity (Wildman–Crippen MR) is 172 cm³/mol. The van der Waals surface area contributed by atoms with E-state index in [9.17, 15) is 0 Å². The molecule has 0 heterocycles. The van der Waals surface area contributed by atoms with E-state index in [1.165, 1.54) is 71.2 Å². The van der Waals surface area contributed by atoms with E-state index in [4.69, 9.17) is 14.2 Å². The molecule has 0 unspecified atom stereocenters. The molecule has 236 valence electrons. The summed E-state index contributed by atoms with van der Waals surface area (Å²) in [6, 6.07) is 13.7. The third kappa shape index (κ3) is 5.52. The molecular formula is C36H45Cl3O3SiTi. The molecule has 0 saturated heterocycles. The molecule has 44 heavy (non-hydrogen) atoms. The summed E-state index contributed by atoms with van der Waals surface area (Å²) >= 11 is 2.53. The maximum atomic E-state index is 5.84. The van der Waals surface area contributed by atoms with Gasteiger partial charge in [-0.2, -0.15) is 0 Å². The van der Waals surface area contributed by atoms with E-state index < -0.39 is 8.07 Å². The van der Waals surface area contributed by atoms with Gasteiger partial charge in [0.25, 0.3) is 0 Å². The van der Waals surface area contributed by atoms with Crippen LogP contribution in [0.25, 0.3) is 0 Å². The number of benzene rings is 3. The van der Waals surface area contributed by atoms with Crippen LogP contribution in [-0.2, 0) is 20.4 Å². The Morgan fingerprint density at radius 1 is 0.455 bits per heavy atom. The Morgan fingerprint density at radius 3 is 0.932 bits per heavy atom. The van der Waals surface area contributed by atoms with Crippen molar-refractivity contribution in [1.29, 1.82) is 0 Å². The molecule has 8 heteroatoms. The second-order valence-electron chi connectivity index (χ2n) is 11.7. The fourth-order valence-corrected chi connectivity index (χ4v) is 16.6. The topological polar surface area (TPSA) is 27.7 Å². The predicted octanol–water partition coefficient (Wildman–Crippen LogP) is -2.02. The summed E-state index contributed by atoms with van der Waals surface area (Å²) in [5.74, 6) is 2.80. The van der Waals surface area contributed by atoms with Crippen LogP contribution in [0.3, 0.4) is 0 Å². The molecule has 0 bridgehead atoms. The summed E-state index contributed by atoms with van der Waals surface area (Å²) in [4.78, 5) is 0. The number of ether oxygens (including phenoxy) is 3. The van der Waals surface area contributed by atoms with Crippen LogP contribution < -0.4 is 67.0 Å². The molecule has 3 nitrogen and oxygen atoms in total. The third-order valence-electron chi connectivity index (χ3n) is 10.5. The summed E-state index contributed by atoms with van der Waals surface area (Å²) in [7, 11) is 2.36. The largest absolute Gasteiger partial charge is 1.00 e. The van der Waals surface area contributed by atoms with E-state index in [1.54, 1.807) is 21.3 Å². The number of allylic oxidation sites excluding steroid dienone is 4. The average Bonchev–Trinajstić information content (AvgIpc) is 3.11. The Labute approximate surface area is 296 Å². The first kappa shape index (κ1) is 40.4. The van der Waals surface area contributed by atoms with Gasteiger partial charge in [0.1, 0.15) is 0 Å². The van der Waals surface area contributed by atoms with Gasteiger partial charge in [-0.25, -0.2) is 0 Å². The van der Waals surface area contributed by atoms with Crippen LogP contribution in [0.15, 0.2) is 58.7 Å². The Kier molecular flexibility index (Phi) is 13.6. The molecule has 1 aliphatic carbocycles. The van der Waals surface area contributed by atoms with Crippen molar-refractivity contribution >= 4 is 23.6 Å². The Bertz CT molecular complexity index is 1460. The monoisotopic (exact) mass is 706 g/mol. The first-order valence-electron chi connectivity index (χ1n) is 14.3. The fraction of sp³-hybridized carbons (Fsp3) is 0.389. The van der Waals surface area contributed by atoms with Gasteiger partial charge in [-0.3, -0.25) is 0 Å². The van der Waals surface area contributed by atoms with Crippen LogP contribution in [-0.4, -0.2) is 29.4 Å². The second kappa shape index (κ2) is 14.8. The van der Waals surface area contributed by atoms with Gasteiger partial charge in [-0.15, -0.1) is 0 Å². The van der Waals surface area contributed by atoms with Crippen molar-refractivity contribution in [3.05, 3.63) is 92.1 Å². The van der Waals surface area contributed by atoms with Gasteiger partial charge in [0.15, 0.2) is 0 Å². The molecule has 0 amide bonds. The standard InChI is InChI=1S/C36H45O3Si.3ClH.Ti/c1-20-21(2)29(10)36(28(20)9)40(33-17-14-30(37-11)22(3)25(33)6,34-18-15-31(38-12)23(4)26(34)7)35-19-16-32(39-13)24(5)27(35)8;;;;/h14-19H,1-13H3;3*1H;/q;;;;+3/p-3. The minimum atomic E-state index is -2.94. The molecule has 0 saturated carbocycles. The summed E-state index contributed by atoms with van der Waals surface area (Å²) in [5.41, 5.74) is 13.3. The zero-order valence-corrected chi connectivity index (χ0v) is 33.2. The van der Waals surface area contributed by atoms with E-state index in [-0.39, 0.29) is 40.6 Å². The van der Waals surface area contributed by atoms with Gasteiger partial charge in [0.2, 0.25) is 0 Å². The maximum Gasteiger partial charge on any atom is -1.00 e. The number of methoxy groups -OCH3 is 3. The van der Waals surface area contributed by atoms with Crippen LogP contribution in [0.5, 0.6) is 17.2 Å². The number of hydrogen-bond donors (Lipinski definition) is 0. The third-order valence-corrected chi connectivity index (χ3v) is 19.3. The SMILES string of the molecule is COc1ccc([Si](c2ccc(OC)c(C)c2C)(c2ccc(OC)c(C)c2C)[C]2([Ti+3])C(C)=C(C)C(C)=C2C)c(C)c1C.[Cl-].[Cl-].[Cl-]. The summed E-state index contributed by atoms with van der Waals surface area (Å²) in [6.45, 7) is 22.9. The van der Waals surface area contributed by atoms with Crippen LogP contribution in [0.4, 0.5) is 0 Å². The van der Waals surface area contributed by atoms with Crippen LogP contribution in [0.1, 0.15) is 61.1 Å². The number of halogens is 3. The second-order valence-corrected chi connectivity index (χ2v) is 17.5. The van der Waals surface area contributed by atoms with Crippen molar-refractivity contribution in [2.45, 2.75) is 72.6 Å². The fourth-order valence-electron chi connectivity index (χ4n) is 7.28. The molecule has 3 aromatic carbocycles. The zero-order chi connectivity index (χ0) is 30.6. The van der Waals surface area contributed by atoms with Crippen molar-refractivity contribution in [3.8, 4) is 17.2 Å². The minimum absolute atomic E-state index is 0. The molecule has 0 spiro atoms. The van der Waals surface area contributed by atoms with E-state index in [0.717, 1.165) is 17.2 Å². The van der Waals surface area contributed by atoms with Crippen molar-refractivity contribution in [2.75, 3.05) is 21.3 Å². The van der Waals surface area contributed by atoms with E-state index >= 15 is 0 Å². The number of hydrogen-bond acceptors (Lipinski definition) is 3.